The number of carbonyl (C=O) groups excluding carboxylic acids is 2. The molecule has 5 aromatic rings. The Morgan fingerprint density at radius 2 is 1.64 bits per heavy atom. The summed E-state index contributed by atoms with van der Waals surface area (Å²) in [6, 6.07) is 26.1. The van der Waals surface area contributed by atoms with Crippen molar-refractivity contribution in [3.63, 3.8) is 0 Å². The molecule has 6 rings (SSSR count). The van der Waals surface area contributed by atoms with Gasteiger partial charge >= 0.3 is 6.09 Å². The number of fused-ring (bicyclic) bond motifs is 1. The van der Waals surface area contributed by atoms with Crippen LogP contribution in [-0.4, -0.2) is 17.5 Å². The van der Waals surface area contributed by atoms with Crippen molar-refractivity contribution in [2.45, 2.75) is 25.0 Å². The number of pyridine rings is 1. The molecule has 1 N–H and O–H groups in total. The molecule has 3 aromatic carbocycles. The van der Waals surface area contributed by atoms with Gasteiger partial charge in [-0.05, 0) is 41.2 Å². The van der Waals surface area contributed by atoms with E-state index in [1.54, 1.807) is 0 Å². The minimum atomic E-state index is -0.698. The van der Waals surface area contributed by atoms with Gasteiger partial charge in [-0.3, -0.25) is 10.1 Å². The molecule has 2 heterocycles. The van der Waals surface area contributed by atoms with Gasteiger partial charge in [0.2, 0.25) is 5.71 Å². The predicted octanol–water partition coefficient (Wildman–Crippen LogP) is 7.21. The molecule has 0 atom stereocenters. The van der Waals surface area contributed by atoms with Crippen molar-refractivity contribution in [2.24, 2.45) is 0 Å². The first-order valence-corrected chi connectivity index (χ1v) is 12.4. The number of aromatic nitrogens is 1. The van der Waals surface area contributed by atoms with E-state index in [1.807, 2.05) is 78.9 Å². The highest BCUT2D eigenvalue weighted by Crippen LogP contribution is 2.49. The van der Waals surface area contributed by atoms with E-state index in [0.29, 0.717) is 23.2 Å². The Morgan fingerprint density at radius 1 is 0.974 bits per heavy atom. The van der Waals surface area contributed by atoms with Gasteiger partial charge < -0.3 is 13.9 Å². The molecule has 1 aliphatic rings. The molecule has 1 amide bonds. The standard InChI is InChI=1S/C31H23FN2O5/c32-25-16-26-27(34-30(36)37-18-20-4-2-1-3-5-20)28(39-29(26)33-17-25)23-8-6-21(7-9-23)22-10-12-24(13-11-22)31(14-15-31)38-19-35/h1-13,16-17,19H,14-15,18H2,(H,34,36). The molecule has 0 bridgehead atoms. The fourth-order valence-corrected chi connectivity index (χ4v) is 4.61. The van der Waals surface area contributed by atoms with Crippen LogP contribution in [0.2, 0.25) is 0 Å². The normalized spacial score (nSPS) is 13.6. The molecule has 1 fully saturated rings. The Bertz CT molecular complexity index is 1640. The number of rotatable bonds is 8. The third kappa shape index (κ3) is 4.96. The lowest BCUT2D eigenvalue weighted by molar-refractivity contribution is -0.136. The van der Waals surface area contributed by atoms with Gasteiger partial charge in [-0.15, -0.1) is 0 Å². The van der Waals surface area contributed by atoms with Crippen LogP contribution in [-0.2, 0) is 26.5 Å². The quantitative estimate of drug-likeness (QED) is 0.217. The van der Waals surface area contributed by atoms with Crippen molar-refractivity contribution in [1.29, 1.82) is 0 Å². The number of halogens is 1. The van der Waals surface area contributed by atoms with Gasteiger partial charge in [0, 0.05) is 5.56 Å². The van der Waals surface area contributed by atoms with E-state index < -0.39 is 17.5 Å². The maximum atomic E-state index is 14.1. The fourth-order valence-electron chi connectivity index (χ4n) is 4.61. The van der Waals surface area contributed by atoms with E-state index in [-0.39, 0.29) is 18.0 Å². The first kappa shape index (κ1) is 24.4. The summed E-state index contributed by atoms with van der Waals surface area (Å²) in [7, 11) is 0. The van der Waals surface area contributed by atoms with E-state index in [1.165, 1.54) is 6.07 Å². The molecular formula is C31H23FN2O5. The van der Waals surface area contributed by atoms with Gasteiger partial charge in [0.15, 0.2) is 5.76 Å². The van der Waals surface area contributed by atoms with E-state index >= 15 is 0 Å². The highest BCUT2D eigenvalue weighted by Gasteiger charge is 2.46. The summed E-state index contributed by atoms with van der Waals surface area (Å²) < 4.78 is 30.6. The molecule has 0 unspecified atom stereocenters. The van der Waals surface area contributed by atoms with Crippen molar-refractivity contribution in [2.75, 3.05) is 5.32 Å². The molecule has 2 aromatic heterocycles. The maximum absolute atomic E-state index is 14.1. The van der Waals surface area contributed by atoms with E-state index in [9.17, 15) is 14.0 Å². The Morgan fingerprint density at radius 3 is 2.31 bits per heavy atom. The summed E-state index contributed by atoms with van der Waals surface area (Å²) in [5.41, 5.74) is 4.42. The monoisotopic (exact) mass is 522 g/mol. The Balaban J connectivity index is 1.26. The summed E-state index contributed by atoms with van der Waals surface area (Å²) in [6.45, 7) is 0.591. The summed E-state index contributed by atoms with van der Waals surface area (Å²) in [6.07, 6.45) is 2.01. The number of hydrogen-bond donors (Lipinski definition) is 1. The molecule has 39 heavy (non-hydrogen) atoms. The number of carbonyl (C=O) groups is 2. The molecule has 1 aliphatic carbocycles. The topological polar surface area (TPSA) is 90.7 Å². The van der Waals surface area contributed by atoms with Gasteiger partial charge in [0.25, 0.3) is 6.47 Å². The smallest absolute Gasteiger partial charge is 0.412 e. The number of hydrogen-bond acceptors (Lipinski definition) is 6. The number of ether oxygens (including phenoxy) is 2. The van der Waals surface area contributed by atoms with Crippen LogP contribution in [0.5, 0.6) is 0 Å². The average molecular weight is 523 g/mol. The molecule has 0 radical (unpaired) electrons. The molecule has 7 nitrogen and oxygen atoms in total. The first-order chi connectivity index (χ1) is 19.0. The van der Waals surface area contributed by atoms with Crippen molar-refractivity contribution in [3.05, 3.63) is 108 Å². The van der Waals surface area contributed by atoms with Crippen LogP contribution in [0, 0.1) is 5.82 Å². The number of benzene rings is 3. The van der Waals surface area contributed by atoms with Gasteiger partial charge in [0.1, 0.15) is 23.7 Å². The van der Waals surface area contributed by atoms with Crippen molar-refractivity contribution in [1.82, 2.24) is 4.98 Å². The van der Waals surface area contributed by atoms with Gasteiger partial charge in [-0.2, -0.15) is 0 Å². The number of furan rings is 1. The summed E-state index contributed by atoms with van der Waals surface area (Å²) in [5.74, 6) is -0.218. The Hall–Kier alpha value is -4.98. The van der Waals surface area contributed by atoms with Crippen LogP contribution in [0.3, 0.4) is 0 Å². The third-order valence-electron chi connectivity index (χ3n) is 6.82. The number of anilines is 1. The second-order valence-corrected chi connectivity index (χ2v) is 9.36. The van der Waals surface area contributed by atoms with E-state index in [0.717, 1.165) is 41.3 Å². The maximum Gasteiger partial charge on any atom is 0.412 e. The Labute approximate surface area is 223 Å². The highest BCUT2D eigenvalue weighted by atomic mass is 19.1. The molecule has 0 aliphatic heterocycles. The SMILES string of the molecule is O=COC1(c2ccc(-c3ccc(-c4oc5ncc(F)cc5c4NC(=O)OCc4ccccc4)cc3)cc2)CC1. The van der Waals surface area contributed by atoms with Crippen LogP contribution < -0.4 is 5.32 Å². The summed E-state index contributed by atoms with van der Waals surface area (Å²) in [4.78, 5) is 27.5. The second-order valence-electron chi connectivity index (χ2n) is 9.36. The lowest BCUT2D eigenvalue weighted by Gasteiger charge is -2.14. The minimum absolute atomic E-state index is 0.0836. The van der Waals surface area contributed by atoms with Crippen molar-refractivity contribution >= 4 is 29.4 Å². The van der Waals surface area contributed by atoms with Crippen molar-refractivity contribution < 1.29 is 27.9 Å². The van der Waals surface area contributed by atoms with Gasteiger partial charge in [0.05, 0.1) is 11.6 Å². The average Bonchev–Trinajstić information content (AvgIpc) is 3.68. The van der Waals surface area contributed by atoms with Crippen LogP contribution in [0.1, 0.15) is 24.0 Å². The summed E-state index contributed by atoms with van der Waals surface area (Å²) >= 11 is 0. The lowest BCUT2D eigenvalue weighted by Crippen LogP contribution is -2.13. The molecule has 0 saturated heterocycles. The Kier molecular flexibility index (Phi) is 6.28. The number of nitrogens with one attached hydrogen (secondary N) is 1. The first-order valence-electron chi connectivity index (χ1n) is 12.4. The highest BCUT2D eigenvalue weighted by molar-refractivity contribution is 6.03. The zero-order chi connectivity index (χ0) is 26.8. The van der Waals surface area contributed by atoms with E-state index in [2.05, 4.69) is 10.3 Å². The molecule has 194 valence electrons. The fraction of sp³-hybridized carbons (Fsp3) is 0.129. The summed E-state index contributed by atoms with van der Waals surface area (Å²) in [5, 5.41) is 3.04. The largest absolute Gasteiger partial charge is 0.456 e. The molecule has 0 spiro atoms. The van der Waals surface area contributed by atoms with Crippen LogP contribution in [0.25, 0.3) is 33.6 Å². The predicted molar refractivity (Wildman–Crippen MR) is 143 cm³/mol. The second kappa shape index (κ2) is 10.1. The van der Waals surface area contributed by atoms with E-state index in [4.69, 9.17) is 13.9 Å². The molecule has 1 saturated carbocycles. The van der Waals surface area contributed by atoms with Crippen LogP contribution in [0.15, 0.2) is 95.5 Å². The van der Waals surface area contributed by atoms with Crippen LogP contribution >= 0.6 is 0 Å². The zero-order valence-corrected chi connectivity index (χ0v) is 20.7. The molecule has 8 heteroatoms. The third-order valence-corrected chi connectivity index (χ3v) is 6.82. The lowest BCUT2D eigenvalue weighted by atomic mass is 9.99. The van der Waals surface area contributed by atoms with Gasteiger partial charge in [-0.25, -0.2) is 14.2 Å². The van der Waals surface area contributed by atoms with Crippen molar-refractivity contribution in [3.8, 4) is 22.5 Å². The van der Waals surface area contributed by atoms with Gasteiger partial charge in [-0.1, -0.05) is 78.9 Å². The molecular weight excluding hydrogens is 499 g/mol. The van der Waals surface area contributed by atoms with Crippen LogP contribution in [0.4, 0.5) is 14.9 Å². The zero-order valence-electron chi connectivity index (χ0n) is 20.7. The number of nitrogens with zero attached hydrogens (tertiary/aromatic N) is 1. The minimum Gasteiger partial charge on any atom is -0.456 e. The number of amides is 1.